The van der Waals surface area contributed by atoms with Crippen LogP contribution in [0.4, 0.5) is 0 Å². The van der Waals surface area contributed by atoms with Crippen LogP contribution in [0.5, 0.6) is 0 Å². The lowest BCUT2D eigenvalue weighted by atomic mass is 10.0. The second-order valence-electron chi connectivity index (χ2n) is 5.00. The highest BCUT2D eigenvalue weighted by atomic mass is 16.5. The third-order valence-corrected chi connectivity index (χ3v) is 3.66. The van der Waals surface area contributed by atoms with Crippen LogP contribution in [-0.4, -0.2) is 30.6 Å². The van der Waals surface area contributed by atoms with Crippen molar-refractivity contribution in [3.8, 4) is 0 Å². The Kier molecular flexibility index (Phi) is 3.62. The van der Waals surface area contributed by atoms with E-state index >= 15 is 0 Å². The molecule has 88 valence electrons. The molecule has 1 fully saturated rings. The molecular weight excluding hydrogens is 198 g/mol. The Morgan fingerprint density at radius 1 is 1.31 bits per heavy atom. The Balaban J connectivity index is 1.80. The quantitative estimate of drug-likeness (QED) is 0.772. The smallest absolute Gasteiger partial charge is 0.0717 e. The van der Waals surface area contributed by atoms with Crippen molar-refractivity contribution in [2.45, 2.75) is 31.9 Å². The Morgan fingerprint density at radius 3 is 2.69 bits per heavy atom. The van der Waals surface area contributed by atoms with Gasteiger partial charge >= 0.3 is 0 Å². The van der Waals surface area contributed by atoms with Crippen molar-refractivity contribution in [2.24, 2.45) is 0 Å². The molecule has 0 bridgehead atoms. The van der Waals surface area contributed by atoms with Gasteiger partial charge in [0, 0.05) is 5.54 Å². The molecule has 1 aromatic carbocycles. The van der Waals surface area contributed by atoms with E-state index < -0.39 is 0 Å². The molecule has 0 aliphatic carbocycles. The second-order valence-corrected chi connectivity index (χ2v) is 5.00. The highest BCUT2D eigenvalue weighted by molar-refractivity contribution is 5.13. The van der Waals surface area contributed by atoms with Crippen molar-refractivity contribution in [3.05, 3.63) is 35.9 Å². The summed E-state index contributed by atoms with van der Waals surface area (Å²) in [7, 11) is 2.19. The number of nitrogens with zero attached hydrogens (tertiary/aromatic N) is 1. The summed E-state index contributed by atoms with van der Waals surface area (Å²) in [5.74, 6) is 0. The van der Waals surface area contributed by atoms with E-state index in [1.165, 1.54) is 24.9 Å². The van der Waals surface area contributed by atoms with E-state index in [0.29, 0.717) is 0 Å². The van der Waals surface area contributed by atoms with Crippen LogP contribution in [0, 0.1) is 0 Å². The van der Waals surface area contributed by atoms with Gasteiger partial charge in [0.15, 0.2) is 0 Å². The van der Waals surface area contributed by atoms with E-state index in [1.807, 2.05) is 6.07 Å². The first-order valence-corrected chi connectivity index (χ1v) is 6.04. The summed E-state index contributed by atoms with van der Waals surface area (Å²) in [4.78, 5) is 2.41. The first-order valence-electron chi connectivity index (χ1n) is 6.04. The highest BCUT2D eigenvalue weighted by Gasteiger charge is 2.33. The van der Waals surface area contributed by atoms with E-state index in [2.05, 4.69) is 43.1 Å². The number of rotatable bonds is 4. The van der Waals surface area contributed by atoms with Gasteiger partial charge in [0.1, 0.15) is 0 Å². The molecule has 1 heterocycles. The van der Waals surface area contributed by atoms with Gasteiger partial charge in [-0.15, -0.1) is 0 Å². The molecule has 0 spiro atoms. The third kappa shape index (κ3) is 2.63. The van der Waals surface area contributed by atoms with Gasteiger partial charge in [-0.05, 0) is 38.9 Å². The molecule has 2 nitrogen and oxygen atoms in total. The van der Waals surface area contributed by atoms with E-state index in [0.717, 1.165) is 13.2 Å². The molecular formula is C14H21NO. The van der Waals surface area contributed by atoms with Gasteiger partial charge in [-0.25, -0.2) is 0 Å². The van der Waals surface area contributed by atoms with Crippen LogP contribution in [0.15, 0.2) is 30.3 Å². The Bertz CT molecular complexity index is 325. The number of hydrogen-bond acceptors (Lipinski definition) is 2. The molecule has 1 atom stereocenters. The molecule has 0 N–H and O–H groups in total. The first-order chi connectivity index (χ1) is 7.71. The standard InChI is InChI=1S/C14H21NO/c1-14(9-6-10-15(14)2)12-16-11-13-7-4-3-5-8-13/h3-5,7-8H,6,9-12H2,1-2H3. The Morgan fingerprint density at radius 2 is 2.06 bits per heavy atom. The minimum atomic E-state index is 0.245. The lowest BCUT2D eigenvalue weighted by Crippen LogP contribution is -2.42. The number of hydrogen-bond donors (Lipinski definition) is 0. The fourth-order valence-corrected chi connectivity index (χ4v) is 2.30. The lowest BCUT2D eigenvalue weighted by molar-refractivity contribution is 0.0271. The zero-order valence-corrected chi connectivity index (χ0v) is 10.3. The molecule has 1 unspecified atom stereocenters. The van der Waals surface area contributed by atoms with E-state index in [9.17, 15) is 0 Å². The predicted molar refractivity (Wildman–Crippen MR) is 66.4 cm³/mol. The van der Waals surface area contributed by atoms with Crippen molar-refractivity contribution in [2.75, 3.05) is 20.2 Å². The topological polar surface area (TPSA) is 12.5 Å². The van der Waals surface area contributed by atoms with Crippen molar-refractivity contribution in [1.82, 2.24) is 4.90 Å². The molecule has 1 saturated heterocycles. The number of benzene rings is 1. The summed E-state index contributed by atoms with van der Waals surface area (Å²) in [5.41, 5.74) is 1.50. The van der Waals surface area contributed by atoms with Gasteiger partial charge in [-0.1, -0.05) is 30.3 Å². The number of likely N-dealkylation sites (N-methyl/N-ethyl adjacent to an activating group) is 1. The van der Waals surface area contributed by atoms with Gasteiger partial charge in [0.2, 0.25) is 0 Å². The SMILES string of the molecule is CN1CCCC1(C)COCc1ccccc1. The molecule has 0 saturated carbocycles. The summed E-state index contributed by atoms with van der Waals surface area (Å²) in [6, 6.07) is 10.4. The Labute approximate surface area is 98.2 Å². The van der Waals surface area contributed by atoms with E-state index in [4.69, 9.17) is 4.74 Å². The summed E-state index contributed by atoms with van der Waals surface area (Å²) >= 11 is 0. The van der Waals surface area contributed by atoms with Crippen molar-refractivity contribution < 1.29 is 4.74 Å². The van der Waals surface area contributed by atoms with Crippen molar-refractivity contribution in [3.63, 3.8) is 0 Å². The molecule has 2 heteroatoms. The fraction of sp³-hybridized carbons (Fsp3) is 0.571. The van der Waals surface area contributed by atoms with Gasteiger partial charge < -0.3 is 4.74 Å². The largest absolute Gasteiger partial charge is 0.375 e. The maximum Gasteiger partial charge on any atom is 0.0717 e. The summed E-state index contributed by atoms with van der Waals surface area (Å²) in [6.07, 6.45) is 2.54. The van der Waals surface area contributed by atoms with E-state index in [-0.39, 0.29) is 5.54 Å². The Hall–Kier alpha value is -0.860. The van der Waals surface area contributed by atoms with Crippen LogP contribution < -0.4 is 0 Å². The molecule has 1 aliphatic rings. The van der Waals surface area contributed by atoms with Gasteiger partial charge in [-0.3, -0.25) is 4.90 Å². The monoisotopic (exact) mass is 219 g/mol. The molecule has 1 aliphatic heterocycles. The highest BCUT2D eigenvalue weighted by Crippen LogP contribution is 2.27. The van der Waals surface area contributed by atoms with Crippen LogP contribution in [-0.2, 0) is 11.3 Å². The fourth-order valence-electron chi connectivity index (χ4n) is 2.30. The third-order valence-electron chi connectivity index (χ3n) is 3.66. The average molecular weight is 219 g/mol. The predicted octanol–water partition coefficient (Wildman–Crippen LogP) is 2.69. The molecule has 0 radical (unpaired) electrons. The van der Waals surface area contributed by atoms with Crippen LogP contribution in [0.1, 0.15) is 25.3 Å². The molecule has 0 amide bonds. The van der Waals surface area contributed by atoms with Crippen LogP contribution in [0.25, 0.3) is 0 Å². The minimum Gasteiger partial charge on any atom is -0.375 e. The molecule has 2 rings (SSSR count). The zero-order valence-electron chi connectivity index (χ0n) is 10.3. The molecule has 1 aromatic rings. The van der Waals surface area contributed by atoms with E-state index in [1.54, 1.807) is 0 Å². The minimum absolute atomic E-state index is 0.245. The first kappa shape index (κ1) is 11.6. The van der Waals surface area contributed by atoms with Crippen molar-refractivity contribution >= 4 is 0 Å². The lowest BCUT2D eigenvalue weighted by Gasteiger charge is -2.31. The van der Waals surface area contributed by atoms with Crippen LogP contribution in [0.3, 0.4) is 0 Å². The zero-order chi connectivity index (χ0) is 11.4. The van der Waals surface area contributed by atoms with Crippen LogP contribution >= 0.6 is 0 Å². The summed E-state index contributed by atoms with van der Waals surface area (Å²) < 4.78 is 5.84. The maximum absolute atomic E-state index is 5.84. The summed E-state index contributed by atoms with van der Waals surface area (Å²) in [6.45, 7) is 5.05. The van der Waals surface area contributed by atoms with Gasteiger partial charge in [0.05, 0.1) is 13.2 Å². The molecule has 16 heavy (non-hydrogen) atoms. The second kappa shape index (κ2) is 4.98. The van der Waals surface area contributed by atoms with Gasteiger partial charge in [0.25, 0.3) is 0 Å². The number of ether oxygens (including phenoxy) is 1. The number of likely N-dealkylation sites (tertiary alicyclic amines) is 1. The maximum atomic E-state index is 5.84. The summed E-state index contributed by atoms with van der Waals surface area (Å²) in [5, 5.41) is 0. The van der Waals surface area contributed by atoms with Gasteiger partial charge in [-0.2, -0.15) is 0 Å². The van der Waals surface area contributed by atoms with Crippen LogP contribution in [0.2, 0.25) is 0 Å². The van der Waals surface area contributed by atoms with Crippen molar-refractivity contribution in [1.29, 1.82) is 0 Å². The normalized spacial score (nSPS) is 26.1. The average Bonchev–Trinajstić information content (AvgIpc) is 2.61. The molecule has 0 aromatic heterocycles.